The number of rotatable bonds is 8. The molecule has 1 aliphatic rings. The molecular weight excluding hydrogens is 362 g/mol. The van der Waals surface area contributed by atoms with Crippen molar-refractivity contribution in [3.05, 3.63) is 65.4 Å². The van der Waals surface area contributed by atoms with Crippen molar-refractivity contribution in [2.45, 2.75) is 52.0 Å². The minimum Gasteiger partial charge on any atom is -0.493 e. The maximum atomic E-state index is 11.3. The van der Waals surface area contributed by atoms with Crippen LogP contribution in [0.1, 0.15) is 56.0 Å². The molecule has 0 bridgehead atoms. The van der Waals surface area contributed by atoms with E-state index in [0.717, 1.165) is 47.8 Å². The van der Waals surface area contributed by atoms with Gasteiger partial charge in [-0.25, -0.2) is 0 Å². The van der Waals surface area contributed by atoms with Crippen molar-refractivity contribution >= 4 is 16.9 Å². The van der Waals surface area contributed by atoms with Crippen molar-refractivity contribution in [3.8, 4) is 5.75 Å². The number of hydrogen-bond acceptors (Lipinski definition) is 3. The van der Waals surface area contributed by atoms with Crippen molar-refractivity contribution in [2.75, 3.05) is 6.61 Å². The van der Waals surface area contributed by atoms with Crippen molar-refractivity contribution < 1.29 is 13.9 Å². The van der Waals surface area contributed by atoms with Gasteiger partial charge in [-0.2, -0.15) is 0 Å². The maximum Gasteiger partial charge on any atom is 0.217 e. The van der Waals surface area contributed by atoms with E-state index in [2.05, 4.69) is 47.8 Å². The Balaban J connectivity index is 1.34. The summed E-state index contributed by atoms with van der Waals surface area (Å²) in [4.78, 5) is 11.3. The molecule has 3 aromatic rings. The third-order valence-corrected chi connectivity index (χ3v) is 5.79. The number of amides is 1. The molecule has 4 nitrogen and oxygen atoms in total. The van der Waals surface area contributed by atoms with E-state index in [4.69, 9.17) is 9.15 Å². The van der Waals surface area contributed by atoms with E-state index in [9.17, 15) is 4.79 Å². The van der Waals surface area contributed by atoms with E-state index in [1.165, 1.54) is 37.3 Å². The Kier molecular flexibility index (Phi) is 5.89. The summed E-state index contributed by atoms with van der Waals surface area (Å²) in [6.45, 7) is 4.30. The van der Waals surface area contributed by atoms with Gasteiger partial charge in [0.15, 0.2) is 0 Å². The Morgan fingerprint density at radius 1 is 1.10 bits per heavy atom. The summed E-state index contributed by atoms with van der Waals surface area (Å²) in [7, 11) is 0. The highest BCUT2D eigenvalue weighted by Gasteiger charge is 2.17. The zero-order valence-electron chi connectivity index (χ0n) is 17.2. The summed E-state index contributed by atoms with van der Waals surface area (Å²) in [5, 5.41) is 3.93. The number of ether oxygens (including phenoxy) is 1. The molecule has 0 radical (unpaired) electrons. The highest BCUT2D eigenvalue weighted by atomic mass is 16.5. The van der Waals surface area contributed by atoms with Gasteiger partial charge in [0.25, 0.3) is 0 Å². The van der Waals surface area contributed by atoms with Crippen LogP contribution in [0.15, 0.2) is 52.9 Å². The zero-order valence-corrected chi connectivity index (χ0v) is 17.2. The van der Waals surface area contributed by atoms with Gasteiger partial charge in [-0.3, -0.25) is 4.79 Å². The lowest BCUT2D eigenvalue weighted by molar-refractivity contribution is -0.119. The first kappa shape index (κ1) is 19.6. The predicted molar refractivity (Wildman–Crippen MR) is 115 cm³/mol. The second kappa shape index (κ2) is 8.73. The molecule has 1 heterocycles. The Morgan fingerprint density at radius 3 is 2.52 bits per heavy atom. The van der Waals surface area contributed by atoms with Gasteiger partial charge >= 0.3 is 0 Å². The fraction of sp³-hybridized carbons (Fsp3) is 0.400. The summed E-state index contributed by atoms with van der Waals surface area (Å²) in [5.74, 6) is 2.45. The summed E-state index contributed by atoms with van der Waals surface area (Å²) in [6, 6.07) is 16.7. The molecule has 152 valence electrons. The van der Waals surface area contributed by atoms with Crippen LogP contribution in [0.25, 0.3) is 11.0 Å². The average Bonchev–Trinajstić information content (AvgIpc) is 3.09. The predicted octanol–water partition coefficient (Wildman–Crippen LogP) is 5.59. The number of hydrogen-bond donors (Lipinski definition) is 1. The van der Waals surface area contributed by atoms with Crippen LogP contribution in [-0.2, 0) is 17.6 Å². The fourth-order valence-electron chi connectivity index (χ4n) is 3.76. The van der Waals surface area contributed by atoms with Crippen molar-refractivity contribution in [1.29, 1.82) is 0 Å². The van der Waals surface area contributed by atoms with Crippen molar-refractivity contribution in [2.24, 2.45) is 5.92 Å². The fourth-order valence-corrected chi connectivity index (χ4v) is 3.76. The van der Waals surface area contributed by atoms with Crippen LogP contribution in [0, 0.1) is 5.92 Å². The number of carbonyl (C=O) groups is 1. The van der Waals surface area contributed by atoms with Crippen molar-refractivity contribution in [3.63, 3.8) is 0 Å². The van der Waals surface area contributed by atoms with Gasteiger partial charge in [0.05, 0.1) is 12.6 Å². The minimum atomic E-state index is -0.131. The first-order valence-corrected chi connectivity index (χ1v) is 10.6. The SMILES string of the molecule is CC(=O)NC(C)c1cc2ccc(CCc3ccc(OCC4CCC4)cc3)cc2o1. The number of fused-ring (bicyclic) bond motifs is 1. The molecule has 2 aromatic carbocycles. The van der Waals surface area contributed by atoms with Gasteiger partial charge < -0.3 is 14.5 Å². The highest BCUT2D eigenvalue weighted by molar-refractivity contribution is 5.79. The quantitative estimate of drug-likeness (QED) is 0.544. The molecule has 1 N–H and O–H groups in total. The molecule has 1 saturated carbocycles. The van der Waals surface area contributed by atoms with Gasteiger partial charge in [-0.15, -0.1) is 0 Å². The third-order valence-electron chi connectivity index (χ3n) is 5.79. The molecule has 0 spiro atoms. The van der Waals surface area contributed by atoms with Gasteiger partial charge in [0.1, 0.15) is 17.1 Å². The second-order valence-corrected chi connectivity index (χ2v) is 8.20. The zero-order chi connectivity index (χ0) is 20.2. The summed E-state index contributed by atoms with van der Waals surface area (Å²) in [5.41, 5.74) is 3.42. The molecule has 1 aromatic heterocycles. The van der Waals surface area contributed by atoms with Gasteiger partial charge in [0.2, 0.25) is 5.91 Å². The van der Waals surface area contributed by atoms with E-state index >= 15 is 0 Å². The molecule has 0 aliphatic heterocycles. The van der Waals surface area contributed by atoms with Crippen LogP contribution in [0.2, 0.25) is 0 Å². The number of nitrogens with one attached hydrogen (secondary N) is 1. The number of benzene rings is 2. The lowest BCUT2D eigenvalue weighted by Gasteiger charge is -2.25. The molecular formula is C25H29NO3. The van der Waals surface area contributed by atoms with E-state index < -0.39 is 0 Å². The minimum absolute atomic E-state index is 0.0573. The van der Waals surface area contributed by atoms with Crippen LogP contribution >= 0.6 is 0 Å². The molecule has 1 aliphatic carbocycles. The van der Waals surface area contributed by atoms with Crippen LogP contribution in [0.3, 0.4) is 0 Å². The van der Waals surface area contributed by atoms with E-state index in [-0.39, 0.29) is 11.9 Å². The Hall–Kier alpha value is -2.75. The van der Waals surface area contributed by atoms with Gasteiger partial charge in [-0.1, -0.05) is 30.7 Å². The lowest BCUT2D eigenvalue weighted by atomic mass is 9.86. The first-order chi connectivity index (χ1) is 14.1. The summed E-state index contributed by atoms with van der Waals surface area (Å²) >= 11 is 0. The van der Waals surface area contributed by atoms with Crippen LogP contribution in [-0.4, -0.2) is 12.5 Å². The average molecular weight is 392 g/mol. The van der Waals surface area contributed by atoms with Gasteiger partial charge in [-0.05, 0) is 73.9 Å². The van der Waals surface area contributed by atoms with Gasteiger partial charge in [0, 0.05) is 12.3 Å². The summed E-state index contributed by atoms with van der Waals surface area (Å²) in [6.07, 6.45) is 5.91. The maximum absolute atomic E-state index is 11.3. The monoisotopic (exact) mass is 391 g/mol. The number of carbonyl (C=O) groups excluding carboxylic acids is 1. The van der Waals surface area contributed by atoms with Crippen LogP contribution in [0.5, 0.6) is 5.75 Å². The molecule has 4 heteroatoms. The first-order valence-electron chi connectivity index (χ1n) is 10.6. The highest BCUT2D eigenvalue weighted by Crippen LogP contribution is 2.28. The molecule has 29 heavy (non-hydrogen) atoms. The topological polar surface area (TPSA) is 51.5 Å². The number of furan rings is 1. The normalized spacial score (nSPS) is 15.1. The van der Waals surface area contributed by atoms with E-state index in [1.807, 2.05) is 13.0 Å². The molecule has 1 amide bonds. The molecule has 4 rings (SSSR count). The smallest absolute Gasteiger partial charge is 0.217 e. The van der Waals surface area contributed by atoms with E-state index in [0.29, 0.717) is 0 Å². The molecule has 1 unspecified atom stereocenters. The van der Waals surface area contributed by atoms with E-state index in [1.54, 1.807) is 0 Å². The standard InChI is InChI=1S/C25H29NO3/c1-17(26-18(2)27)24-15-22-11-8-20(14-25(22)29-24)7-6-19-9-12-23(13-10-19)28-16-21-4-3-5-21/h8-15,17,21H,3-7,16H2,1-2H3,(H,26,27). The molecule has 1 atom stereocenters. The van der Waals surface area contributed by atoms with Crippen molar-refractivity contribution in [1.82, 2.24) is 5.32 Å². The largest absolute Gasteiger partial charge is 0.493 e. The Labute approximate surface area is 172 Å². The van der Waals surface area contributed by atoms with Crippen LogP contribution < -0.4 is 10.1 Å². The molecule has 1 fully saturated rings. The lowest BCUT2D eigenvalue weighted by Crippen LogP contribution is -2.23. The Morgan fingerprint density at radius 2 is 1.83 bits per heavy atom. The summed E-state index contributed by atoms with van der Waals surface area (Å²) < 4.78 is 11.9. The number of aryl methyl sites for hydroxylation is 2. The third kappa shape index (κ3) is 5.00. The second-order valence-electron chi connectivity index (χ2n) is 8.20. The van der Waals surface area contributed by atoms with Crippen LogP contribution in [0.4, 0.5) is 0 Å². The Bertz CT molecular complexity index is 969. The molecule has 0 saturated heterocycles.